The van der Waals surface area contributed by atoms with Crippen LogP contribution < -0.4 is 4.90 Å². The molecule has 0 aromatic carbocycles. The first-order valence-electron chi connectivity index (χ1n) is 3.44. The topological polar surface area (TPSA) is 75.5 Å². The van der Waals surface area contributed by atoms with Crippen LogP contribution in [0.3, 0.4) is 0 Å². The molecule has 0 unspecified atom stereocenters. The zero-order valence-electron chi connectivity index (χ0n) is 6.75. The number of rotatable bonds is 0. The molecular formula is C6H6N4O2S. The van der Waals surface area contributed by atoms with Gasteiger partial charge < -0.3 is 4.90 Å². The first-order chi connectivity index (χ1) is 6.11. The Bertz CT molecular complexity index is 467. The van der Waals surface area contributed by atoms with Crippen molar-refractivity contribution in [1.29, 1.82) is 0 Å². The first kappa shape index (κ1) is 8.11. The molecule has 0 amide bonds. The summed E-state index contributed by atoms with van der Waals surface area (Å²) in [6.45, 7) is 0. The van der Waals surface area contributed by atoms with Crippen molar-refractivity contribution in [1.82, 2.24) is 9.97 Å². The van der Waals surface area contributed by atoms with Crippen LogP contribution in [0, 0.1) is 0 Å². The van der Waals surface area contributed by atoms with E-state index in [1.807, 2.05) is 0 Å². The molecule has 2 rings (SSSR count). The molecule has 7 heteroatoms. The third kappa shape index (κ3) is 1.17. The van der Waals surface area contributed by atoms with Crippen molar-refractivity contribution in [2.45, 2.75) is 4.90 Å². The molecule has 1 aromatic rings. The molecule has 1 aliphatic heterocycles. The Morgan fingerprint density at radius 3 is 2.92 bits per heavy atom. The maximum atomic E-state index is 11.3. The normalized spacial score (nSPS) is 18.4. The van der Waals surface area contributed by atoms with Gasteiger partial charge in [-0.05, 0) is 0 Å². The number of fused-ring (bicyclic) bond motifs is 1. The molecule has 0 bridgehead atoms. The third-order valence-corrected chi connectivity index (χ3v) is 2.85. The Kier molecular flexibility index (Phi) is 1.56. The number of hydrogen-bond acceptors (Lipinski definition) is 5. The van der Waals surface area contributed by atoms with Crippen LogP contribution in [0.1, 0.15) is 0 Å². The maximum Gasteiger partial charge on any atom is 0.288 e. The SMILES string of the molecule is CN1C=NS(=O)(=O)c2cncnc21. The summed E-state index contributed by atoms with van der Waals surface area (Å²) in [7, 11) is -1.90. The second kappa shape index (κ2) is 2.49. The molecule has 1 aliphatic rings. The summed E-state index contributed by atoms with van der Waals surface area (Å²) >= 11 is 0. The van der Waals surface area contributed by atoms with Gasteiger partial charge in [0.05, 0.1) is 6.20 Å². The van der Waals surface area contributed by atoms with Gasteiger partial charge in [-0.25, -0.2) is 9.97 Å². The molecule has 0 fully saturated rings. The van der Waals surface area contributed by atoms with Gasteiger partial charge in [-0.15, -0.1) is 4.40 Å². The van der Waals surface area contributed by atoms with E-state index in [4.69, 9.17) is 0 Å². The Morgan fingerprint density at radius 1 is 1.46 bits per heavy atom. The summed E-state index contributed by atoms with van der Waals surface area (Å²) in [6, 6.07) is 0. The monoisotopic (exact) mass is 198 g/mol. The first-order valence-corrected chi connectivity index (χ1v) is 4.88. The minimum Gasteiger partial charge on any atom is -0.318 e. The number of aromatic nitrogens is 2. The number of sulfonamides is 1. The highest BCUT2D eigenvalue weighted by Crippen LogP contribution is 2.24. The largest absolute Gasteiger partial charge is 0.318 e. The molecule has 0 atom stereocenters. The zero-order valence-corrected chi connectivity index (χ0v) is 7.56. The van der Waals surface area contributed by atoms with Crippen molar-refractivity contribution < 1.29 is 8.42 Å². The van der Waals surface area contributed by atoms with E-state index in [1.54, 1.807) is 7.05 Å². The molecule has 68 valence electrons. The fourth-order valence-electron chi connectivity index (χ4n) is 1.00. The molecule has 0 saturated carbocycles. The summed E-state index contributed by atoms with van der Waals surface area (Å²) in [4.78, 5) is 9.05. The Hall–Kier alpha value is -1.50. The van der Waals surface area contributed by atoms with Crippen molar-refractivity contribution in [3.63, 3.8) is 0 Å². The van der Waals surface area contributed by atoms with Crippen molar-refractivity contribution in [3.8, 4) is 0 Å². The van der Waals surface area contributed by atoms with Crippen LogP contribution in [0.15, 0.2) is 21.8 Å². The van der Waals surface area contributed by atoms with E-state index in [-0.39, 0.29) is 4.90 Å². The van der Waals surface area contributed by atoms with Crippen molar-refractivity contribution in [2.24, 2.45) is 4.40 Å². The number of anilines is 1. The molecule has 0 saturated heterocycles. The summed E-state index contributed by atoms with van der Waals surface area (Å²) in [5.41, 5.74) is 0. The van der Waals surface area contributed by atoms with E-state index in [9.17, 15) is 8.42 Å². The Labute approximate surface area is 75.0 Å². The van der Waals surface area contributed by atoms with E-state index in [2.05, 4.69) is 14.4 Å². The maximum absolute atomic E-state index is 11.3. The van der Waals surface area contributed by atoms with E-state index in [0.29, 0.717) is 5.82 Å². The van der Waals surface area contributed by atoms with Gasteiger partial charge >= 0.3 is 0 Å². The quantitative estimate of drug-likeness (QED) is 0.569. The lowest BCUT2D eigenvalue weighted by atomic mass is 10.5. The van der Waals surface area contributed by atoms with Crippen LogP contribution in [0.2, 0.25) is 0 Å². The molecule has 0 radical (unpaired) electrons. The highest BCUT2D eigenvalue weighted by atomic mass is 32.2. The Balaban J connectivity index is 2.76. The van der Waals surface area contributed by atoms with Crippen LogP contribution in [-0.4, -0.2) is 31.8 Å². The minimum atomic E-state index is -3.57. The second-order valence-corrected chi connectivity index (χ2v) is 4.12. The summed E-state index contributed by atoms with van der Waals surface area (Å²) < 4.78 is 26.0. The van der Waals surface area contributed by atoms with Gasteiger partial charge in [0.1, 0.15) is 12.7 Å². The van der Waals surface area contributed by atoms with E-state index in [1.165, 1.54) is 23.8 Å². The van der Waals surface area contributed by atoms with Crippen LogP contribution >= 0.6 is 0 Å². The molecule has 6 nitrogen and oxygen atoms in total. The van der Waals surface area contributed by atoms with Gasteiger partial charge in [0.2, 0.25) is 0 Å². The predicted octanol–water partition coefficient (Wildman–Crippen LogP) is -0.357. The average molecular weight is 198 g/mol. The van der Waals surface area contributed by atoms with E-state index < -0.39 is 10.0 Å². The number of hydrogen-bond donors (Lipinski definition) is 0. The Morgan fingerprint density at radius 2 is 2.23 bits per heavy atom. The average Bonchev–Trinajstić information content (AvgIpc) is 2.13. The standard InChI is InChI=1S/C6H6N4O2S/c1-10-4-9-13(11,12)5-2-7-3-8-6(5)10/h2-4H,1H3. The fraction of sp³-hybridized carbons (Fsp3) is 0.167. The van der Waals surface area contributed by atoms with Gasteiger partial charge in [-0.3, -0.25) is 0 Å². The lowest BCUT2D eigenvalue weighted by molar-refractivity contribution is 0.596. The smallest absolute Gasteiger partial charge is 0.288 e. The molecular weight excluding hydrogens is 192 g/mol. The molecule has 0 spiro atoms. The minimum absolute atomic E-state index is 0.0417. The van der Waals surface area contributed by atoms with Crippen LogP contribution in [0.25, 0.3) is 0 Å². The molecule has 0 N–H and O–H groups in total. The lowest BCUT2D eigenvalue weighted by Crippen LogP contribution is -2.23. The van der Waals surface area contributed by atoms with Gasteiger partial charge in [0.25, 0.3) is 10.0 Å². The summed E-state index contributed by atoms with van der Waals surface area (Å²) in [6.07, 6.45) is 3.75. The van der Waals surface area contributed by atoms with E-state index >= 15 is 0 Å². The summed E-state index contributed by atoms with van der Waals surface area (Å²) in [5, 5.41) is 0. The number of nitrogens with zero attached hydrogens (tertiary/aromatic N) is 4. The van der Waals surface area contributed by atoms with Crippen LogP contribution in [-0.2, 0) is 10.0 Å². The zero-order chi connectivity index (χ0) is 9.47. The van der Waals surface area contributed by atoms with Gasteiger partial charge in [-0.1, -0.05) is 0 Å². The van der Waals surface area contributed by atoms with Crippen LogP contribution in [0.4, 0.5) is 5.82 Å². The van der Waals surface area contributed by atoms with Crippen molar-refractivity contribution in [3.05, 3.63) is 12.5 Å². The molecule has 1 aromatic heterocycles. The third-order valence-electron chi connectivity index (χ3n) is 1.63. The van der Waals surface area contributed by atoms with E-state index in [0.717, 1.165) is 0 Å². The fourth-order valence-corrected chi connectivity index (χ4v) is 2.00. The highest BCUT2D eigenvalue weighted by Gasteiger charge is 2.24. The van der Waals surface area contributed by atoms with Gasteiger partial charge in [0.15, 0.2) is 10.7 Å². The van der Waals surface area contributed by atoms with Gasteiger partial charge in [0, 0.05) is 7.05 Å². The second-order valence-electron chi connectivity index (χ2n) is 2.52. The summed E-state index contributed by atoms with van der Waals surface area (Å²) in [5.74, 6) is 0.352. The molecule has 0 aliphatic carbocycles. The van der Waals surface area contributed by atoms with Crippen molar-refractivity contribution >= 4 is 22.2 Å². The van der Waals surface area contributed by atoms with Crippen LogP contribution in [0.5, 0.6) is 0 Å². The molecule has 13 heavy (non-hydrogen) atoms. The molecule has 2 heterocycles. The van der Waals surface area contributed by atoms with Gasteiger partial charge in [-0.2, -0.15) is 8.42 Å². The predicted molar refractivity (Wildman–Crippen MR) is 46.1 cm³/mol. The lowest BCUT2D eigenvalue weighted by Gasteiger charge is -2.17. The van der Waals surface area contributed by atoms with Crippen molar-refractivity contribution in [2.75, 3.05) is 11.9 Å². The highest BCUT2D eigenvalue weighted by molar-refractivity contribution is 7.90.